The van der Waals surface area contributed by atoms with Crippen LogP contribution in [0.4, 0.5) is 13.2 Å². The molecule has 0 radical (unpaired) electrons. The number of rotatable bonds is 5. The van der Waals surface area contributed by atoms with Crippen LogP contribution in [0.5, 0.6) is 5.88 Å². The van der Waals surface area contributed by atoms with Crippen molar-refractivity contribution in [3.63, 3.8) is 0 Å². The number of aliphatic hydroxyl groups is 1. The van der Waals surface area contributed by atoms with Gasteiger partial charge in [-0.05, 0) is 35.9 Å². The van der Waals surface area contributed by atoms with Gasteiger partial charge < -0.3 is 14.4 Å². The van der Waals surface area contributed by atoms with Crippen molar-refractivity contribution in [2.24, 2.45) is 7.05 Å². The van der Waals surface area contributed by atoms with Crippen molar-refractivity contribution >= 4 is 45.4 Å². The number of pyridine rings is 2. The number of methoxy groups -OCH3 is 1. The maximum absolute atomic E-state index is 13.2. The zero-order chi connectivity index (χ0) is 26.5. The predicted molar refractivity (Wildman–Crippen MR) is 136 cm³/mol. The highest BCUT2D eigenvalue weighted by atomic mass is 35.5. The summed E-state index contributed by atoms with van der Waals surface area (Å²) in [5.74, 6) is 0.303. The SMILES string of the molecule is COc1nc2ccc(C(O)(c3ccc(C(F)(F)F)nc3)c3cncn3C)cc2c(Cl)c1-c1ccc(Cl)s1. The highest BCUT2D eigenvalue weighted by molar-refractivity contribution is 7.19. The van der Waals surface area contributed by atoms with Crippen LogP contribution < -0.4 is 4.74 Å². The number of aryl methyl sites for hydroxylation is 1. The van der Waals surface area contributed by atoms with E-state index in [1.165, 1.54) is 37.0 Å². The first-order valence-electron chi connectivity index (χ1n) is 10.7. The summed E-state index contributed by atoms with van der Waals surface area (Å²) < 4.78 is 47.1. The van der Waals surface area contributed by atoms with Crippen molar-refractivity contribution < 1.29 is 23.0 Å². The zero-order valence-electron chi connectivity index (χ0n) is 19.2. The Bertz CT molecular complexity index is 1620. The Labute approximate surface area is 222 Å². The van der Waals surface area contributed by atoms with Crippen LogP contribution >= 0.6 is 34.5 Å². The molecule has 4 heterocycles. The maximum atomic E-state index is 13.2. The Kier molecular flexibility index (Phi) is 6.39. The third-order valence-electron chi connectivity index (χ3n) is 5.98. The van der Waals surface area contributed by atoms with Crippen LogP contribution in [0.2, 0.25) is 9.36 Å². The molecule has 6 nitrogen and oxygen atoms in total. The molecule has 5 rings (SSSR count). The first-order valence-corrected chi connectivity index (χ1v) is 12.3. The van der Waals surface area contributed by atoms with E-state index in [2.05, 4.69) is 15.0 Å². The molecule has 0 spiro atoms. The van der Waals surface area contributed by atoms with Crippen LogP contribution in [-0.2, 0) is 18.8 Å². The third-order valence-corrected chi connectivity index (χ3v) is 7.62. The number of halogens is 5. The number of aromatic nitrogens is 4. The summed E-state index contributed by atoms with van der Waals surface area (Å²) in [4.78, 5) is 13.0. The number of nitrogens with zero attached hydrogens (tertiary/aromatic N) is 4. The molecule has 0 aliphatic carbocycles. The number of fused-ring (bicyclic) bond motifs is 1. The fourth-order valence-corrected chi connectivity index (χ4v) is 5.66. The molecule has 0 aliphatic rings. The molecule has 1 aromatic carbocycles. The van der Waals surface area contributed by atoms with E-state index < -0.39 is 17.5 Å². The number of hydrogen-bond donors (Lipinski definition) is 1. The Morgan fingerprint density at radius 2 is 1.78 bits per heavy atom. The fraction of sp³-hybridized carbons (Fsp3) is 0.160. The minimum atomic E-state index is -4.62. The lowest BCUT2D eigenvalue weighted by Crippen LogP contribution is -2.31. The van der Waals surface area contributed by atoms with Crippen LogP contribution in [0.15, 0.2) is 61.2 Å². The zero-order valence-corrected chi connectivity index (χ0v) is 21.5. The van der Waals surface area contributed by atoms with Gasteiger partial charge in [-0.2, -0.15) is 13.2 Å². The van der Waals surface area contributed by atoms with Crippen LogP contribution in [0.1, 0.15) is 22.5 Å². The average Bonchev–Trinajstić information content (AvgIpc) is 3.50. The van der Waals surface area contributed by atoms with Crippen molar-refractivity contribution in [1.29, 1.82) is 0 Å². The van der Waals surface area contributed by atoms with Gasteiger partial charge in [0.2, 0.25) is 5.88 Å². The molecule has 0 fully saturated rings. The molecule has 4 aromatic heterocycles. The van der Waals surface area contributed by atoms with E-state index >= 15 is 0 Å². The molecule has 0 bridgehead atoms. The maximum Gasteiger partial charge on any atom is 0.433 e. The number of imidazole rings is 1. The van der Waals surface area contributed by atoms with Gasteiger partial charge >= 0.3 is 6.18 Å². The topological polar surface area (TPSA) is 73.1 Å². The van der Waals surface area contributed by atoms with E-state index in [0.29, 0.717) is 43.0 Å². The quantitative estimate of drug-likeness (QED) is 0.257. The van der Waals surface area contributed by atoms with Crippen molar-refractivity contribution in [2.45, 2.75) is 11.8 Å². The van der Waals surface area contributed by atoms with Gasteiger partial charge in [-0.3, -0.25) is 4.98 Å². The standard InChI is InChI=1S/C25H17Cl2F3N4O2S/c1-34-12-31-11-19(34)24(35,14-4-7-18(32-10-14)25(28,29)30)13-3-5-16-15(9-13)22(27)21(23(33-16)36-2)17-6-8-20(26)37-17/h3-12,35H,1-2H3. The monoisotopic (exact) mass is 564 g/mol. The summed E-state index contributed by atoms with van der Waals surface area (Å²) >= 11 is 14.3. The summed E-state index contributed by atoms with van der Waals surface area (Å²) in [6.07, 6.45) is -0.690. The van der Waals surface area contributed by atoms with Gasteiger partial charge in [0.05, 0.1) is 45.8 Å². The van der Waals surface area contributed by atoms with Gasteiger partial charge in [-0.1, -0.05) is 35.3 Å². The lowest BCUT2D eigenvalue weighted by atomic mass is 9.83. The van der Waals surface area contributed by atoms with Crippen molar-refractivity contribution in [3.8, 4) is 16.3 Å². The number of alkyl halides is 3. The molecule has 0 saturated carbocycles. The molecular weight excluding hydrogens is 548 g/mol. The molecule has 0 aliphatic heterocycles. The number of benzene rings is 1. The van der Waals surface area contributed by atoms with E-state index in [4.69, 9.17) is 27.9 Å². The Balaban J connectivity index is 1.75. The number of thiophene rings is 1. The second kappa shape index (κ2) is 9.29. The number of ether oxygens (including phenoxy) is 1. The Hall–Kier alpha value is -3.18. The number of hydrogen-bond acceptors (Lipinski definition) is 6. The van der Waals surface area contributed by atoms with E-state index in [1.54, 1.807) is 41.9 Å². The van der Waals surface area contributed by atoms with Gasteiger partial charge in [0, 0.05) is 29.1 Å². The van der Waals surface area contributed by atoms with Gasteiger partial charge in [0.1, 0.15) is 5.69 Å². The van der Waals surface area contributed by atoms with Crippen molar-refractivity contribution in [1.82, 2.24) is 19.5 Å². The molecule has 0 amide bonds. The normalized spacial score (nSPS) is 13.6. The van der Waals surface area contributed by atoms with Gasteiger partial charge in [-0.25, -0.2) is 9.97 Å². The van der Waals surface area contributed by atoms with Gasteiger partial charge in [0.15, 0.2) is 5.60 Å². The van der Waals surface area contributed by atoms with Crippen LogP contribution in [0.3, 0.4) is 0 Å². The molecule has 1 N–H and O–H groups in total. The highest BCUT2D eigenvalue weighted by Crippen LogP contribution is 2.45. The van der Waals surface area contributed by atoms with E-state index in [-0.39, 0.29) is 5.56 Å². The van der Waals surface area contributed by atoms with Gasteiger partial charge in [-0.15, -0.1) is 11.3 Å². The molecule has 37 heavy (non-hydrogen) atoms. The molecular formula is C25H17Cl2F3N4O2S. The van der Waals surface area contributed by atoms with Crippen LogP contribution in [0.25, 0.3) is 21.3 Å². The Morgan fingerprint density at radius 1 is 1.03 bits per heavy atom. The second-order valence-electron chi connectivity index (χ2n) is 8.18. The molecule has 0 saturated heterocycles. The first-order chi connectivity index (χ1) is 17.5. The smallest absolute Gasteiger partial charge is 0.433 e. The summed E-state index contributed by atoms with van der Waals surface area (Å²) in [5.41, 5.74) is -1.19. The van der Waals surface area contributed by atoms with E-state index in [0.717, 1.165) is 17.1 Å². The molecule has 5 aromatic rings. The molecule has 1 unspecified atom stereocenters. The summed E-state index contributed by atoms with van der Waals surface area (Å²) in [6.45, 7) is 0. The van der Waals surface area contributed by atoms with Crippen molar-refractivity contribution in [2.75, 3.05) is 7.11 Å². The van der Waals surface area contributed by atoms with E-state index in [1.807, 2.05) is 0 Å². The lowest BCUT2D eigenvalue weighted by Gasteiger charge is -2.30. The summed E-state index contributed by atoms with van der Waals surface area (Å²) in [7, 11) is 3.15. The lowest BCUT2D eigenvalue weighted by molar-refractivity contribution is -0.141. The average molecular weight is 565 g/mol. The predicted octanol–water partition coefficient (Wildman–Crippen LogP) is 6.71. The van der Waals surface area contributed by atoms with Crippen LogP contribution in [-0.4, -0.2) is 31.7 Å². The minimum Gasteiger partial charge on any atom is -0.480 e. The van der Waals surface area contributed by atoms with Crippen molar-refractivity contribution in [3.05, 3.63) is 93.1 Å². The van der Waals surface area contributed by atoms with Crippen LogP contribution in [0, 0.1) is 0 Å². The Morgan fingerprint density at radius 3 is 2.35 bits per heavy atom. The van der Waals surface area contributed by atoms with E-state index in [9.17, 15) is 18.3 Å². The summed E-state index contributed by atoms with van der Waals surface area (Å²) in [5, 5.41) is 13.0. The van der Waals surface area contributed by atoms with Gasteiger partial charge in [0.25, 0.3) is 0 Å². The fourth-order valence-electron chi connectivity index (χ4n) is 4.18. The largest absolute Gasteiger partial charge is 0.480 e. The summed E-state index contributed by atoms with van der Waals surface area (Å²) in [6, 6.07) is 10.5. The molecule has 12 heteroatoms. The highest BCUT2D eigenvalue weighted by Gasteiger charge is 2.39. The minimum absolute atomic E-state index is 0.117. The molecule has 1 atom stereocenters. The molecule has 190 valence electrons. The third kappa shape index (κ3) is 4.33. The second-order valence-corrected chi connectivity index (χ2v) is 10.3. The first kappa shape index (κ1) is 25.5.